The maximum atomic E-state index is 8.81. The Morgan fingerprint density at radius 2 is 2.23 bits per heavy atom. The molecule has 0 aromatic carbocycles. The van der Waals surface area contributed by atoms with E-state index in [1.807, 2.05) is 12.4 Å². The van der Waals surface area contributed by atoms with Crippen LogP contribution in [0.5, 0.6) is 0 Å². The predicted octanol–water partition coefficient (Wildman–Crippen LogP) is 2.57. The molecule has 4 rings (SSSR count). The number of aromatic nitrogens is 4. The zero-order valence-corrected chi connectivity index (χ0v) is 15.2. The number of aromatic amines is 1. The van der Waals surface area contributed by atoms with E-state index in [4.69, 9.17) is 10.2 Å². The Labute approximate surface area is 153 Å². The predicted molar refractivity (Wildman–Crippen MR) is 102 cm³/mol. The van der Waals surface area contributed by atoms with Gasteiger partial charge in [0.1, 0.15) is 17.0 Å². The van der Waals surface area contributed by atoms with E-state index < -0.39 is 0 Å². The highest BCUT2D eigenvalue weighted by molar-refractivity contribution is 6.01. The second kappa shape index (κ2) is 7.44. The standard InChI is InChI=1S/C19H25N7/c1-2-21-13-17-24-16-12-23-19-15(4-8-22-19)18(16)26(17)14-5-10-25(11-6-14)9-3-7-20/h4,8,12,14,21H,2-3,5-6,9-11,13H2,1H3,(H,22,23). The van der Waals surface area contributed by atoms with Crippen LogP contribution < -0.4 is 5.32 Å². The fraction of sp³-hybridized carbons (Fsp3) is 0.526. The van der Waals surface area contributed by atoms with Crippen molar-refractivity contribution >= 4 is 22.1 Å². The third kappa shape index (κ3) is 3.06. The Bertz CT molecular complexity index is 925. The Kier molecular flexibility index (Phi) is 4.87. The van der Waals surface area contributed by atoms with Crippen molar-refractivity contribution in [2.24, 2.45) is 0 Å². The molecular formula is C19H25N7. The number of likely N-dealkylation sites (tertiary alicyclic amines) is 1. The minimum absolute atomic E-state index is 0.437. The second-order valence-corrected chi connectivity index (χ2v) is 6.89. The molecule has 1 aliphatic heterocycles. The molecule has 1 aliphatic rings. The summed E-state index contributed by atoms with van der Waals surface area (Å²) in [5.41, 5.74) is 3.08. The Morgan fingerprint density at radius 3 is 3.00 bits per heavy atom. The van der Waals surface area contributed by atoms with Crippen molar-refractivity contribution in [3.63, 3.8) is 0 Å². The number of piperidine rings is 1. The van der Waals surface area contributed by atoms with Crippen molar-refractivity contribution < 1.29 is 0 Å². The largest absolute Gasteiger partial charge is 0.346 e. The summed E-state index contributed by atoms with van der Waals surface area (Å²) in [6.07, 6.45) is 6.61. The summed E-state index contributed by atoms with van der Waals surface area (Å²) in [5, 5.41) is 13.4. The Morgan fingerprint density at radius 1 is 1.38 bits per heavy atom. The number of fused-ring (bicyclic) bond motifs is 3. The smallest absolute Gasteiger partial charge is 0.139 e. The SMILES string of the molecule is CCNCc1nc2cnc3[nH]ccc3c2n1C1CCN(CCC#N)CC1. The third-order valence-electron chi connectivity index (χ3n) is 5.30. The highest BCUT2D eigenvalue weighted by Gasteiger charge is 2.25. The van der Waals surface area contributed by atoms with Crippen molar-refractivity contribution in [3.05, 3.63) is 24.3 Å². The van der Waals surface area contributed by atoms with Crippen LogP contribution in [0.3, 0.4) is 0 Å². The number of imidazole rings is 1. The minimum atomic E-state index is 0.437. The minimum Gasteiger partial charge on any atom is -0.346 e. The molecule has 136 valence electrons. The van der Waals surface area contributed by atoms with Crippen LogP contribution in [-0.2, 0) is 6.54 Å². The molecule has 0 atom stereocenters. The van der Waals surface area contributed by atoms with Crippen LogP contribution in [0.4, 0.5) is 0 Å². The van der Waals surface area contributed by atoms with Gasteiger partial charge in [0.05, 0.1) is 24.3 Å². The molecule has 0 aliphatic carbocycles. The van der Waals surface area contributed by atoms with Crippen LogP contribution in [0.25, 0.3) is 22.1 Å². The number of nitrogens with one attached hydrogen (secondary N) is 2. The van der Waals surface area contributed by atoms with Gasteiger partial charge in [-0.05, 0) is 25.5 Å². The van der Waals surface area contributed by atoms with E-state index in [1.165, 1.54) is 5.52 Å². The number of hydrogen-bond donors (Lipinski definition) is 2. The first-order chi connectivity index (χ1) is 12.8. The summed E-state index contributed by atoms with van der Waals surface area (Å²) in [6.45, 7) is 6.76. The van der Waals surface area contributed by atoms with Gasteiger partial charge >= 0.3 is 0 Å². The summed E-state index contributed by atoms with van der Waals surface area (Å²) in [6, 6.07) is 4.79. The molecule has 1 saturated heterocycles. The van der Waals surface area contributed by atoms with Gasteiger partial charge in [0, 0.05) is 43.7 Å². The fourth-order valence-corrected chi connectivity index (χ4v) is 4.00. The van der Waals surface area contributed by atoms with E-state index in [2.05, 4.69) is 43.8 Å². The van der Waals surface area contributed by atoms with E-state index in [0.717, 1.165) is 67.9 Å². The van der Waals surface area contributed by atoms with Crippen LogP contribution in [0.15, 0.2) is 18.5 Å². The zero-order valence-electron chi connectivity index (χ0n) is 15.2. The molecule has 3 aromatic heterocycles. The van der Waals surface area contributed by atoms with E-state index in [-0.39, 0.29) is 0 Å². The molecule has 1 fully saturated rings. The fourth-order valence-electron chi connectivity index (χ4n) is 4.00. The van der Waals surface area contributed by atoms with Gasteiger partial charge in [-0.15, -0.1) is 0 Å². The Balaban J connectivity index is 1.70. The maximum absolute atomic E-state index is 8.81. The number of nitriles is 1. The van der Waals surface area contributed by atoms with Gasteiger partial charge in [0.25, 0.3) is 0 Å². The summed E-state index contributed by atoms with van der Waals surface area (Å²) >= 11 is 0. The molecule has 4 heterocycles. The molecule has 0 radical (unpaired) electrons. The summed E-state index contributed by atoms with van der Waals surface area (Å²) in [4.78, 5) is 15.0. The van der Waals surface area contributed by atoms with Crippen molar-refractivity contribution in [2.75, 3.05) is 26.2 Å². The lowest BCUT2D eigenvalue weighted by Gasteiger charge is -2.33. The zero-order chi connectivity index (χ0) is 17.9. The number of H-pyrrole nitrogens is 1. The van der Waals surface area contributed by atoms with Crippen molar-refractivity contribution in [3.8, 4) is 6.07 Å². The van der Waals surface area contributed by atoms with Gasteiger partial charge in [0.15, 0.2) is 0 Å². The molecule has 7 nitrogen and oxygen atoms in total. The molecule has 0 bridgehead atoms. The molecule has 0 unspecified atom stereocenters. The number of pyridine rings is 1. The second-order valence-electron chi connectivity index (χ2n) is 6.89. The van der Waals surface area contributed by atoms with Gasteiger partial charge in [-0.1, -0.05) is 6.92 Å². The first kappa shape index (κ1) is 17.0. The molecule has 0 spiro atoms. The number of hydrogen-bond acceptors (Lipinski definition) is 5. The number of rotatable bonds is 6. The van der Waals surface area contributed by atoms with Gasteiger partial charge in [-0.3, -0.25) is 0 Å². The van der Waals surface area contributed by atoms with Gasteiger partial charge in [-0.25, -0.2) is 9.97 Å². The van der Waals surface area contributed by atoms with Crippen LogP contribution in [0.1, 0.15) is 38.1 Å². The third-order valence-corrected chi connectivity index (χ3v) is 5.30. The normalized spacial score (nSPS) is 16.5. The quantitative estimate of drug-likeness (QED) is 0.713. The van der Waals surface area contributed by atoms with E-state index in [0.29, 0.717) is 12.5 Å². The lowest BCUT2D eigenvalue weighted by molar-refractivity contribution is 0.190. The summed E-state index contributed by atoms with van der Waals surface area (Å²) in [5.74, 6) is 1.09. The van der Waals surface area contributed by atoms with Crippen molar-refractivity contribution in [1.29, 1.82) is 5.26 Å². The average molecular weight is 351 g/mol. The van der Waals surface area contributed by atoms with Crippen LogP contribution in [0, 0.1) is 11.3 Å². The lowest BCUT2D eigenvalue weighted by atomic mass is 10.0. The molecule has 3 aromatic rings. The lowest BCUT2D eigenvalue weighted by Crippen LogP contribution is -2.35. The highest BCUT2D eigenvalue weighted by Crippen LogP contribution is 2.32. The van der Waals surface area contributed by atoms with Gasteiger partial charge < -0.3 is 19.8 Å². The van der Waals surface area contributed by atoms with E-state index >= 15 is 0 Å². The molecule has 26 heavy (non-hydrogen) atoms. The average Bonchev–Trinajstić information content (AvgIpc) is 3.28. The monoisotopic (exact) mass is 351 g/mol. The summed E-state index contributed by atoms with van der Waals surface area (Å²) < 4.78 is 2.44. The Hall–Kier alpha value is -2.43. The van der Waals surface area contributed by atoms with Crippen molar-refractivity contribution in [2.45, 2.75) is 38.8 Å². The van der Waals surface area contributed by atoms with E-state index in [1.54, 1.807) is 0 Å². The molecule has 0 amide bonds. The molecule has 7 heteroatoms. The van der Waals surface area contributed by atoms with Gasteiger partial charge in [-0.2, -0.15) is 5.26 Å². The molecule has 0 saturated carbocycles. The van der Waals surface area contributed by atoms with Crippen LogP contribution >= 0.6 is 0 Å². The van der Waals surface area contributed by atoms with Crippen LogP contribution in [-0.4, -0.2) is 50.6 Å². The number of nitrogens with zero attached hydrogens (tertiary/aromatic N) is 5. The first-order valence-electron chi connectivity index (χ1n) is 9.44. The molecule has 2 N–H and O–H groups in total. The maximum Gasteiger partial charge on any atom is 0.139 e. The topological polar surface area (TPSA) is 85.6 Å². The highest BCUT2D eigenvalue weighted by atomic mass is 15.2. The van der Waals surface area contributed by atoms with Gasteiger partial charge in [0.2, 0.25) is 0 Å². The summed E-state index contributed by atoms with van der Waals surface area (Å²) in [7, 11) is 0. The van der Waals surface area contributed by atoms with Crippen molar-refractivity contribution in [1.82, 2.24) is 29.7 Å². The first-order valence-corrected chi connectivity index (χ1v) is 9.44. The van der Waals surface area contributed by atoms with Crippen LogP contribution in [0.2, 0.25) is 0 Å². The van der Waals surface area contributed by atoms with E-state index in [9.17, 15) is 0 Å². The molecular weight excluding hydrogens is 326 g/mol.